The van der Waals surface area contributed by atoms with Crippen LogP contribution >= 0.6 is 0 Å². The van der Waals surface area contributed by atoms with E-state index in [1.807, 2.05) is 0 Å². The summed E-state index contributed by atoms with van der Waals surface area (Å²) >= 11 is 0. The van der Waals surface area contributed by atoms with Gasteiger partial charge >= 0.3 is 0 Å². The normalized spacial score (nSPS) is 33.6. The summed E-state index contributed by atoms with van der Waals surface area (Å²) in [5.41, 5.74) is 2.45. The molecule has 0 spiro atoms. The van der Waals surface area contributed by atoms with E-state index < -0.39 is 0 Å². The fourth-order valence-electron chi connectivity index (χ4n) is 3.25. The van der Waals surface area contributed by atoms with Crippen molar-refractivity contribution in [1.82, 2.24) is 0 Å². The molecule has 1 aromatic carbocycles. The van der Waals surface area contributed by atoms with E-state index in [1.165, 1.54) is 24.8 Å². The Morgan fingerprint density at radius 3 is 2.19 bits per heavy atom. The molecule has 2 rings (SSSR count). The van der Waals surface area contributed by atoms with Crippen LogP contribution in [0.15, 0.2) is 30.3 Å². The summed E-state index contributed by atoms with van der Waals surface area (Å²) in [5, 5.41) is 0. The lowest BCUT2D eigenvalue weighted by molar-refractivity contribution is 0.109. The second kappa shape index (κ2) is 3.91. The number of hydrogen-bond acceptors (Lipinski definition) is 0. The van der Waals surface area contributed by atoms with Crippen molar-refractivity contribution in [1.29, 1.82) is 0 Å². The molecular formula is C16H24. The Balaban J connectivity index is 2.27. The van der Waals surface area contributed by atoms with E-state index in [1.54, 1.807) is 0 Å². The van der Waals surface area contributed by atoms with Gasteiger partial charge in [0, 0.05) is 0 Å². The van der Waals surface area contributed by atoms with Crippen LogP contribution in [0.25, 0.3) is 0 Å². The zero-order valence-corrected chi connectivity index (χ0v) is 11.1. The monoisotopic (exact) mass is 216 g/mol. The fourth-order valence-corrected chi connectivity index (χ4v) is 3.25. The van der Waals surface area contributed by atoms with Crippen molar-refractivity contribution in [2.45, 2.75) is 52.4 Å². The van der Waals surface area contributed by atoms with Gasteiger partial charge in [-0.15, -0.1) is 0 Å². The first-order valence-electron chi connectivity index (χ1n) is 6.50. The molecule has 2 unspecified atom stereocenters. The van der Waals surface area contributed by atoms with Gasteiger partial charge in [-0.3, -0.25) is 0 Å². The van der Waals surface area contributed by atoms with Crippen LogP contribution in [0.5, 0.6) is 0 Å². The van der Waals surface area contributed by atoms with Crippen LogP contribution < -0.4 is 0 Å². The van der Waals surface area contributed by atoms with Crippen molar-refractivity contribution in [3.63, 3.8) is 0 Å². The third kappa shape index (κ3) is 2.03. The molecule has 0 heterocycles. The van der Waals surface area contributed by atoms with Gasteiger partial charge < -0.3 is 0 Å². The first-order valence-corrected chi connectivity index (χ1v) is 6.50. The van der Waals surface area contributed by atoms with Gasteiger partial charge in [-0.25, -0.2) is 0 Å². The molecule has 88 valence electrons. The molecule has 0 aliphatic heterocycles. The fraction of sp³-hybridized carbons (Fsp3) is 0.625. The lowest BCUT2D eigenvalue weighted by Crippen LogP contribution is -2.39. The molecular weight excluding hydrogens is 192 g/mol. The molecule has 0 amide bonds. The highest BCUT2D eigenvalue weighted by atomic mass is 14.5. The van der Waals surface area contributed by atoms with Crippen LogP contribution in [0.3, 0.4) is 0 Å². The molecule has 16 heavy (non-hydrogen) atoms. The Hall–Kier alpha value is -0.780. The first-order chi connectivity index (χ1) is 7.44. The van der Waals surface area contributed by atoms with E-state index >= 15 is 0 Å². The predicted octanol–water partition coefficient (Wildman–Crippen LogP) is 4.79. The summed E-state index contributed by atoms with van der Waals surface area (Å²) in [7, 11) is 0. The molecule has 0 nitrogen and oxygen atoms in total. The van der Waals surface area contributed by atoms with Crippen molar-refractivity contribution in [2.75, 3.05) is 0 Å². The van der Waals surface area contributed by atoms with Crippen LogP contribution in [0.2, 0.25) is 0 Å². The van der Waals surface area contributed by atoms with Crippen molar-refractivity contribution >= 4 is 0 Å². The number of benzene rings is 1. The minimum atomic E-state index is 0.386. The zero-order chi connectivity index (χ0) is 11.8. The van der Waals surface area contributed by atoms with Gasteiger partial charge in [0.15, 0.2) is 0 Å². The Kier molecular flexibility index (Phi) is 2.86. The van der Waals surface area contributed by atoms with Crippen molar-refractivity contribution in [3.05, 3.63) is 35.9 Å². The van der Waals surface area contributed by atoms with Gasteiger partial charge in [0.2, 0.25) is 0 Å². The van der Waals surface area contributed by atoms with Crippen molar-refractivity contribution in [3.8, 4) is 0 Å². The average molecular weight is 216 g/mol. The topological polar surface area (TPSA) is 0 Å². The highest BCUT2D eigenvalue weighted by molar-refractivity contribution is 5.26. The van der Waals surface area contributed by atoms with Gasteiger partial charge in [0.1, 0.15) is 0 Å². The van der Waals surface area contributed by atoms with Crippen LogP contribution in [0.4, 0.5) is 0 Å². The maximum Gasteiger partial charge on any atom is -0.00493 e. The molecule has 0 N–H and O–H groups in total. The number of rotatable bonds is 1. The molecule has 0 bridgehead atoms. The van der Waals surface area contributed by atoms with E-state index in [2.05, 4.69) is 58.0 Å². The average Bonchev–Trinajstić information content (AvgIpc) is 2.25. The molecule has 2 atom stereocenters. The van der Waals surface area contributed by atoms with Crippen LogP contribution in [0, 0.1) is 11.3 Å². The van der Waals surface area contributed by atoms with Crippen LogP contribution in [-0.4, -0.2) is 0 Å². The third-order valence-corrected chi connectivity index (χ3v) is 4.70. The molecule has 1 aliphatic rings. The van der Waals surface area contributed by atoms with Crippen LogP contribution in [0.1, 0.15) is 52.5 Å². The Labute approximate surface area is 100 Å². The van der Waals surface area contributed by atoms with Crippen molar-refractivity contribution < 1.29 is 0 Å². The Morgan fingerprint density at radius 1 is 1.00 bits per heavy atom. The highest BCUT2D eigenvalue weighted by Crippen LogP contribution is 2.49. The second-order valence-corrected chi connectivity index (χ2v) is 6.55. The molecule has 0 saturated heterocycles. The van der Waals surface area contributed by atoms with E-state index in [0.717, 1.165) is 5.92 Å². The summed E-state index contributed by atoms with van der Waals surface area (Å²) in [5.74, 6) is 0.777. The lowest BCUT2D eigenvalue weighted by Gasteiger charge is -2.47. The quantitative estimate of drug-likeness (QED) is 0.633. The van der Waals surface area contributed by atoms with Gasteiger partial charge in [0.25, 0.3) is 0 Å². The van der Waals surface area contributed by atoms with E-state index in [9.17, 15) is 0 Å². The minimum Gasteiger partial charge on any atom is -0.0622 e. The van der Waals surface area contributed by atoms with Gasteiger partial charge in [0.05, 0.1) is 0 Å². The molecule has 0 radical (unpaired) electrons. The molecule has 1 saturated carbocycles. The minimum absolute atomic E-state index is 0.386. The molecule has 0 aromatic heterocycles. The lowest BCUT2D eigenvalue weighted by atomic mass is 9.58. The van der Waals surface area contributed by atoms with E-state index in [4.69, 9.17) is 0 Å². The second-order valence-electron chi connectivity index (χ2n) is 6.55. The predicted molar refractivity (Wildman–Crippen MR) is 70.6 cm³/mol. The smallest absolute Gasteiger partial charge is 0.00493 e. The van der Waals surface area contributed by atoms with Crippen LogP contribution in [-0.2, 0) is 5.41 Å². The van der Waals surface area contributed by atoms with Gasteiger partial charge in [-0.2, -0.15) is 0 Å². The summed E-state index contributed by atoms with van der Waals surface area (Å²) in [4.78, 5) is 0. The van der Waals surface area contributed by atoms with Crippen molar-refractivity contribution in [2.24, 2.45) is 11.3 Å². The third-order valence-electron chi connectivity index (χ3n) is 4.70. The Bertz CT molecular complexity index is 350. The summed E-state index contributed by atoms with van der Waals surface area (Å²) in [6.07, 6.45) is 4.02. The zero-order valence-electron chi connectivity index (χ0n) is 11.1. The molecule has 1 aromatic rings. The highest BCUT2D eigenvalue weighted by Gasteiger charge is 2.41. The number of hydrogen-bond donors (Lipinski definition) is 0. The van der Waals surface area contributed by atoms with Gasteiger partial charge in [-0.1, -0.05) is 58.0 Å². The molecule has 1 aliphatic carbocycles. The summed E-state index contributed by atoms with van der Waals surface area (Å²) in [6, 6.07) is 11.1. The standard InChI is InChI=1S/C16H24/c1-13-12-15(2,3)10-11-16(13,4)14-8-6-5-7-9-14/h5-9,13H,10-12H2,1-4H3. The maximum atomic E-state index is 2.45. The molecule has 1 fully saturated rings. The Morgan fingerprint density at radius 2 is 1.62 bits per heavy atom. The van der Waals surface area contributed by atoms with E-state index in [-0.39, 0.29) is 0 Å². The maximum absolute atomic E-state index is 2.45. The summed E-state index contributed by atoms with van der Waals surface area (Å²) in [6.45, 7) is 9.69. The summed E-state index contributed by atoms with van der Waals surface area (Å²) < 4.78 is 0. The first kappa shape index (κ1) is 11.7. The SMILES string of the molecule is CC1CC(C)(C)CCC1(C)c1ccccc1. The van der Waals surface area contributed by atoms with E-state index in [0.29, 0.717) is 10.8 Å². The molecule has 0 heteroatoms. The largest absolute Gasteiger partial charge is 0.0622 e. The van der Waals surface area contributed by atoms with Gasteiger partial charge in [-0.05, 0) is 41.6 Å².